The topological polar surface area (TPSA) is 28.7 Å². The van der Waals surface area contributed by atoms with Crippen LogP contribution in [0, 0.1) is 17.1 Å². The van der Waals surface area contributed by atoms with E-state index < -0.39 is 0 Å². The molecule has 0 fully saturated rings. The monoisotopic (exact) mass is 278 g/mol. The van der Waals surface area contributed by atoms with Gasteiger partial charge in [0.15, 0.2) is 0 Å². The largest absolute Gasteiger partial charge is 0.335 e. The summed E-state index contributed by atoms with van der Waals surface area (Å²) >= 11 is 3.20. The van der Waals surface area contributed by atoms with Crippen LogP contribution in [0.3, 0.4) is 0 Å². The first-order valence-corrected chi connectivity index (χ1v) is 5.49. The summed E-state index contributed by atoms with van der Waals surface area (Å²) < 4.78 is 16.0. The number of nitriles is 1. The lowest BCUT2D eigenvalue weighted by atomic mass is 10.2. The SMILES string of the molecule is N#Cc1cccn1Cc1ccc(Br)cc1F. The molecule has 0 aliphatic heterocycles. The second-order valence-corrected chi connectivity index (χ2v) is 4.28. The number of rotatable bonds is 2. The Balaban J connectivity index is 2.31. The van der Waals surface area contributed by atoms with Crippen molar-refractivity contribution in [2.75, 3.05) is 0 Å². The van der Waals surface area contributed by atoms with Crippen LogP contribution >= 0.6 is 15.9 Å². The highest BCUT2D eigenvalue weighted by Gasteiger charge is 2.05. The van der Waals surface area contributed by atoms with Gasteiger partial charge < -0.3 is 4.57 Å². The summed E-state index contributed by atoms with van der Waals surface area (Å²) in [6.45, 7) is 0.370. The third kappa shape index (κ3) is 2.15. The summed E-state index contributed by atoms with van der Waals surface area (Å²) in [6, 6.07) is 10.5. The van der Waals surface area contributed by atoms with Gasteiger partial charge in [-0.1, -0.05) is 22.0 Å². The minimum absolute atomic E-state index is 0.271. The van der Waals surface area contributed by atoms with Gasteiger partial charge in [0.2, 0.25) is 0 Å². The highest BCUT2D eigenvalue weighted by Crippen LogP contribution is 2.17. The number of benzene rings is 1. The van der Waals surface area contributed by atoms with E-state index in [0.29, 0.717) is 22.3 Å². The molecule has 0 unspecified atom stereocenters. The van der Waals surface area contributed by atoms with Crippen molar-refractivity contribution >= 4 is 15.9 Å². The summed E-state index contributed by atoms with van der Waals surface area (Å²) in [5.74, 6) is -0.271. The lowest BCUT2D eigenvalue weighted by Crippen LogP contribution is -2.02. The van der Waals surface area contributed by atoms with Crippen LogP contribution in [0.1, 0.15) is 11.3 Å². The van der Waals surface area contributed by atoms with Crippen molar-refractivity contribution in [2.24, 2.45) is 0 Å². The average Bonchev–Trinajstić information content (AvgIpc) is 2.69. The van der Waals surface area contributed by atoms with Gasteiger partial charge in [-0.05, 0) is 24.3 Å². The van der Waals surface area contributed by atoms with E-state index in [1.807, 2.05) is 0 Å². The second-order valence-electron chi connectivity index (χ2n) is 3.37. The van der Waals surface area contributed by atoms with E-state index in [-0.39, 0.29) is 5.82 Å². The quantitative estimate of drug-likeness (QED) is 0.829. The van der Waals surface area contributed by atoms with Crippen molar-refractivity contribution in [3.63, 3.8) is 0 Å². The van der Waals surface area contributed by atoms with Gasteiger partial charge in [0.05, 0.1) is 6.54 Å². The third-order valence-electron chi connectivity index (χ3n) is 2.30. The van der Waals surface area contributed by atoms with Gasteiger partial charge >= 0.3 is 0 Å². The molecule has 0 aliphatic carbocycles. The van der Waals surface area contributed by atoms with Crippen molar-refractivity contribution in [1.82, 2.24) is 4.57 Å². The fourth-order valence-corrected chi connectivity index (χ4v) is 1.82. The van der Waals surface area contributed by atoms with Gasteiger partial charge in [0.25, 0.3) is 0 Å². The van der Waals surface area contributed by atoms with Gasteiger partial charge in [-0.3, -0.25) is 0 Å². The molecule has 1 aromatic carbocycles. The van der Waals surface area contributed by atoms with E-state index in [1.54, 1.807) is 35.0 Å². The van der Waals surface area contributed by atoms with Crippen molar-refractivity contribution in [2.45, 2.75) is 6.54 Å². The summed E-state index contributed by atoms with van der Waals surface area (Å²) in [4.78, 5) is 0. The fourth-order valence-electron chi connectivity index (χ4n) is 1.49. The molecule has 0 spiro atoms. The smallest absolute Gasteiger partial charge is 0.129 e. The van der Waals surface area contributed by atoms with Crippen LogP contribution in [-0.4, -0.2) is 4.57 Å². The standard InChI is InChI=1S/C12H8BrFN2/c13-10-4-3-9(12(14)6-10)8-16-5-1-2-11(16)7-15/h1-6H,8H2. The first-order chi connectivity index (χ1) is 7.70. The number of aromatic nitrogens is 1. The fraction of sp³-hybridized carbons (Fsp3) is 0.0833. The minimum atomic E-state index is -0.271. The molecule has 0 radical (unpaired) electrons. The summed E-state index contributed by atoms with van der Waals surface area (Å²) in [5.41, 5.74) is 1.10. The maximum atomic E-state index is 13.6. The molecule has 1 heterocycles. The van der Waals surface area contributed by atoms with Crippen molar-refractivity contribution in [1.29, 1.82) is 5.26 Å². The zero-order valence-electron chi connectivity index (χ0n) is 8.32. The van der Waals surface area contributed by atoms with Crippen LogP contribution in [0.4, 0.5) is 4.39 Å². The zero-order valence-corrected chi connectivity index (χ0v) is 9.91. The molecule has 80 valence electrons. The van der Waals surface area contributed by atoms with Crippen LogP contribution in [0.25, 0.3) is 0 Å². The van der Waals surface area contributed by atoms with Gasteiger partial charge in [-0.15, -0.1) is 0 Å². The molecule has 0 aliphatic rings. The Kier molecular flexibility index (Phi) is 3.07. The number of halogens is 2. The second kappa shape index (κ2) is 4.50. The minimum Gasteiger partial charge on any atom is -0.335 e. The van der Waals surface area contributed by atoms with Gasteiger partial charge in [0.1, 0.15) is 17.6 Å². The Morgan fingerprint density at radius 2 is 2.19 bits per heavy atom. The molecule has 4 heteroatoms. The summed E-state index contributed by atoms with van der Waals surface area (Å²) in [5, 5.41) is 8.83. The van der Waals surface area contributed by atoms with Crippen LogP contribution in [0.15, 0.2) is 41.0 Å². The normalized spacial score (nSPS) is 10.1. The molecule has 0 saturated carbocycles. The molecule has 2 nitrogen and oxygen atoms in total. The maximum absolute atomic E-state index is 13.6. The lowest BCUT2D eigenvalue weighted by Gasteiger charge is -2.06. The predicted molar refractivity (Wildman–Crippen MR) is 62.3 cm³/mol. The van der Waals surface area contributed by atoms with Crippen LogP contribution in [0.5, 0.6) is 0 Å². The molecule has 0 atom stereocenters. The predicted octanol–water partition coefficient (Wildman–Crippen LogP) is 3.31. The van der Waals surface area contributed by atoms with E-state index in [0.717, 1.165) is 0 Å². The lowest BCUT2D eigenvalue weighted by molar-refractivity contribution is 0.598. The van der Waals surface area contributed by atoms with Gasteiger partial charge in [0, 0.05) is 16.2 Å². The van der Waals surface area contributed by atoms with Gasteiger partial charge in [-0.25, -0.2) is 4.39 Å². The Hall–Kier alpha value is -1.60. The third-order valence-corrected chi connectivity index (χ3v) is 2.79. The van der Waals surface area contributed by atoms with E-state index >= 15 is 0 Å². The van der Waals surface area contributed by atoms with E-state index in [1.165, 1.54) is 6.07 Å². The van der Waals surface area contributed by atoms with E-state index in [9.17, 15) is 4.39 Å². The van der Waals surface area contributed by atoms with E-state index in [2.05, 4.69) is 22.0 Å². The van der Waals surface area contributed by atoms with Crippen LogP contribution in [-0.2, 0) is 6.54 Å². The van der Waals surface area contributed by atoms with Crippen molar-refractivity contribution < 1.29 is 4.39 Å². The first-order valence-electron chi connectivity index (χ1n) is 4.70. The molecule has 0 N–H and O–H groups in total. The Bertz CT molecular complexity index is 554. The number of hydrogen-bond donors (Lipinski definition) is 0. The molecule has 16 heavy (non-hydrogen) atoms. The molecule has 0 bridgehead atoms. The maximum Gasteiger partial charge on any atom is 0.129 e. The van der Waals surface area contributed by atoms with Crippen molar-refractivity contribution in [3.8, 4) is 6.07 Å². The molecule has 1 aromatic heterocycles. The number of nitrogens with zero attached hydrogens (tertiary/aromatic N) is 2. The Morgan fingerprint density at radius 3 is 2.88 bits per heavy atom. The average molecular weight is 279 g/mol. The highest BCUT2D eigenvalue weighted by atomic mass is 79.9. The zero-order chi connectivity index (χ0) is 11.5. The van der Waals surface area contributed by atoms with Crippen LogP contribution < -0.4 is 0 Å². The first kappa shape index (κ1) is 10.9. The summed E-state index contributed by atoms with van der Waals surface area (Å²) in [7, 11) is 0. The molecular weight excluding hydrogens is 271 g/mol. The number of hydrogen-bond acceptors (Lipinski definition) is 1. The Morgan fingerprint density at radius 1 is 1.38 bits per heavy atom. The molecular formula is C12H8BrFN2. The van der Waals surface area contributed by atoms with Gasteiger partial charge in [-0.2, -0.15) is 5.26 Å². The molecule has 2 rings (SSSR count). The summed E-state index contributed by atoms with van der Waals surface area (Å²) in [6.07, 6.45) is 1.76. The van der Waals surface area contributed by atoms with Crippen LogP contribution in [0.2, 0.25) is 0 Å². The Labute approximate surface area is 101 Å². The highest BCUT2D eigenvalue weighted by molar-refractivity contribution is 9.10. The van der Waals surface area contributed by atoms with Crippen molar-refractivity contribution in [3.05, 3.63) is 58.1 Å². The molecule has 0 amide bonds. The van der Waals surface area contributed by atoms with E-state index in [4.69, 9.17) is 5.26 Å². The molecule has 0 saturated heterocycles. The molecule has 2 aromatic rings.